The molecule has 0 heterocycles. The lowest BCUT2D eigenvalue weighted by molar-refractivity contribution is -0.146. The molecule has 23 heavy (non-hydrogen) atoms. The first-order valence-electron chi connectivity index (χ1n) is 7.64. The quantitative estimate of drug-likeness (QED) is 0.754. The summed E-state index contributed by atoms with van der Waals surface area (Å²) in [5.41, 5.74) is 0.940. The van der Waals surface area contributed by atoms with E-state index in [4.69, 9.17) is 14.6 Å². The first kappa shape index (κ1) is 18.8. The van der Waals surface area contributed by atoms with Crippen LogP contribution in [-0.4, -0.2) is 49.2 Å². The highest BCUT2D eigenvalue weighted by Gasteiger charge is 2.22. The van der Waals surface area contributed by atoms with Crippen molar-refractivity contribution in [2.75, 3.05) is 27.3 Å². The Morgan fingerprint density at radius 3 is 2.39 bits per heavy atom. The average Bonchev–Trinajstić information content (AvgIpc) is 2.53. The van der Waals surface area contributed by atoms with E-state index in [-0.39, 0.29) is 18.4 Å². The van der Waals surface area contributed by atoms with E-state index in [0.29, 0.717) is 24.5 Å². The highest BCUT2D eigenvalue weighted by Crippen LogP contribution is 2.28. The first-order valence-corrected chi connectivity index (χ1v) is 7.64. The molecule has 0 fully saturated rings. The van der Waals surface area contributed by atoms with Gasteiger partial charge in [0.25, 0.3) is 0 Å². The number of amides is 1. The van der Waals surface area contributed by atoms with Crippen LogP contribution in [0.4, 0.5) is 0 Å². The molecule has 0 aliphatic rings. The van der Waals surface area contributed by atoms with E-state index in [9.17, 15) is 9.59 Å². The Hall–Kier alpha value is -2.24. The van der Waals surface area contributed by atoms with Crippen LogP contribution in [0.25, 0.3) is 0 Å². The van der Waals surface area contributed by atoms with Crippen LogP contribution in [0.1, 0.15) is 25.8 Å². The number of hydrogen-bond acceptors (Lipinski definition) is 4. The van der Waals surface area contributed by atoms with Gasteiger partial charge in [0.05, 0.1) is 14.2 Å². The number of rotatable bonds is 9. The topological polar surface area (TPSA) is 76.1 Å². The molecule has 6 nitrogen and oxygen atoms in total. The third-order valence-electron chi connectivity index (χ3n) is 3.54. The van der Waals surface area contributed by atoms with Gasteiger partial charge in [-0.15, -0.1) is 0 Å². The predicted octanol–water partition coefficient (Wildman–Crippen LogP) is 2.21. The Kier molecular flexibility index (Phi) is 7.38. The van der Waals surface area contributed by atoms with Crippen LogP contribution in [0, 0.1) is 5.92 Å². The van der Waals surface area contributed by atoms with Crippen LogP contribution in [0.3, 0.4) is 0 Å². The third-order valence-corrected chi connectivity index (χ3v) is 3.54. The van der Waals surface area contributed by atoms with E-state index in [0.717, 1.165) is 12.0 Å². The van der Waals surface area contributed by atoms with Crippen LogP contribution in [-0.2, 0) is 16.0 Å². The number of methoxy groups -OCH3 is 2. The summed E-state index contributed by atoms with van der Waals surface area (Å²) in [4.78, 5) is 24.8. The molecule has 128 valence electrons. The molecule has 0 aliphatic carbocycles. The second kappa shape index (κ2) is 9.02. The van der Waals surface area contributed by atoms with Gasteiger partial charge in [-0.2, -0.15) is 0 Å². The maximum Gasteiger partial charge on any atom is 0.323 e. The molecule has 0 aliphatic heterocycles. The molecule has 0 spiro atoms. The van der Waals surface area contributed by atoms with Crippen molar-refractivity contribution in [3.05, 3.63) is 23.8 Å². The monoisotopic (exact) mass is 323 g/mol. The van der Waals surface area contributed by atoms with Gasteiger partial charge in [0, 0.05) is 12.5 Å². The Morgan fingerprint density at radius 1 is 1.22 bits per heavy atom. The molecule has 1 N–H and O–H groups in total. The van der Waals surface area contributed by atoms with Gasteiger partial charge >= 0.3 is 5.97 Å². The van der Waals surface area contributed by atoms with E-state index >= 15 is 0 Å². The Bertz CT molecular complexity index is 544. The van der Waals surface area contributed by atoms with Gasteiger partial charge in [-0.05, 0) is 30.5 Å². The van der Waals surface area contributed by atoms with E-state index in [1.807, 2.05) is 26.0 Å². The summed E-state index contributed by atoms with van der Waals surface area (Å²) in [5, 5.41) is 8.93. The number of benzene rings is 1. The van der Waals surface area contributed by atoms with Gasteiger partial charge in [-0.25, -0.2) is 0 Å². The van der Waals surface area contributed by atoms with E-state index in [1.165, 1.54) is 4.90 Å². The lowest BCUT2D eigenvalue weighted by Gasteiger charge is -2.24. The number of carbonyl (C=O) groups excluding carboxylic acids is 1. The molecule has 1 unspecified atom stereocenters. The summed E-state index contributed by atoms with van der Waals surface area (Å²) in [6.45, 7) is 3.91. The molecular formula is C17H25NO5. The molecule has 1 aromatic carbocycles. The fourth-order valence-corrected chi connectivity index (χ4v) is 2.46. The van der Waals surface area contributed by atoms with Crippen LogP contribution in [0.5, 0.6) is 11.5 Å². The first-order chi connectivity index (χ1) is 10.9. The summed E-state index contributed by atoms with van der Waals surface area (Å²) < 4.78 is 10.5. The highest BCUT2D eigenvalue weighted by atomic mass is 16.5. The number of hydrogen-bond donors (Lipinski definition) is 1. The lowest BCUT2D eigenvalue weighted by atomic mass is 9.99. The molecule has 1 rings (SSSR count). The average molecular weight is 323 g/mol. The van der Waals surface area contributed by atoms with E-state index in [2.05, 4.69) is 0 Å². The van der Waals surface area contributed by atoms with Crippen LogP contribution >= 0.6 is 0 Å². The van der Waals surface area contributed by atoms with Crippen molar-refractivity contribution in [3.63, 3.8) is 0 Å². The largest absolute Gasteiger partial charge is 0.493 e. The van der Waals surface area contributed by atoms with Gasteiger partial charge in [0.1, 0.15) is 6.54 Å². The van der Waals surface area contributed by atoms with Gasteiger partial charge in [0.2, 0.25) is 5.91 Å². The molecule has 6 heteroatoms. The van der Waals surface area contributed by atoms with E-state index in [1.54, 1.807) is 20.3 Å². The maximum absolute atomic E-state index is 12.5. The van der Waals surface area contributed by atoms with Crippen molar-refractivity contribution in [3.8, 4) is 11.5 Å². The third kappa shape index (κ3) is 5.47. The van der Waals surface area contributed by atoms with Gasteiger partial charge in [-0.3, -0.25) is 9.59 Å². The molecule has 1 amide bonds. The fraction of sp³-hybridized carbons (Fsp3) is 0.529. The number of carbonyl (C=O) groups is 2. The van der Waals surface area contributed by atoms with Crippen molar-refractivity contribution in [1.82, 2.24) is 4.90 Å². The summed E-state index contributed by atoms with van der Waals surface area (Å²) in [6.07, 6.45) is 1.24. The summed E-state index contributed by atoms with van der Waals surface area (Å²) in [5.74, 6) is -0.206. The minimum absolute atomic E-state index is 0.149. The summed E-state index contributed by atoms with van der Waals surface area (Å²) in [6, 6.07) is 5.52. The van der Waals surface area contributed by atoms with Gasteiger partial charge in [-0.1, -0.05) is 19.9 Å². The molecule has 0 radical (unpaired) electrons. The van der Waals surface area contributed by atoms with Crippen molar-refractivity contribution >= 4 is 11.9 Å². The molecule has 0 saturated heterocycles. The minimum atomic E-state index is -0.995. The van der Waals surface area contributed by atoms with Crippen molar-refractivity contribution < 1.29 is 24.2 Å². The lowest BCUT2D eigenvalue weighted by Crippen LogP contribution is -2.40. The standard InChI is InChI=1S/C17H25NO5/c1-5-8-18(11-16(19)20)17(21)12(2)9-13-6-7-14(22-3)15(10-13)23-4/h6-7,10,12H,5,8-9,11H2,1-4H3,(H,19,20). The summed E-state index contributed by atoms with van der Waals surface area (Å²) >= 11 is 0. The van der Waals surface area contributed by atoms with Crippen molar-refractivity contribution in [2.24, 2.45) is 5.92 Å². The van der Waals surface area contributed by atoms with Crippen molar-refractivity contribution in [1.29, 1.82) is 0 Å². The minimum Gasteiger partial charge on any atom is -0.493 e. The SMILES string of the molecule is CCCN(CC(=O)O)C(=O)C(C)Cc1ccc(OC)c(OC)c1. The van der Waals surface area contributed by atoms with Crippen LogP contribution in [0.2, 0.25) is 0 Å². The number of nitrogens with zero attached hydrogens (tertiary/aromatic N) is 1. The zero-order valence-electron chi connectivity index (χ0n) is 14.2. The Morgan fingerprint density at radius 2 is 1.87 bits per heavy atom. The number of carboxylic acids is 1. The fourth-order valence-electron chi connectivity index (χ4n) is 2.46. The number of carboxylic acid groups (broad SMARTS) is 1. The molecule has 0 saturated carbocycles. The van der Waals surface area contributed by atoms with Crippen LogP contribution in [0.15, 0.2) is 18.2 Å². The highest BCUT2D eigenvalue weighted by molar-refractivity contribution is 5.83. The smallest absolute Gasteiger partial charge is 0.323 e. The predicted molar refractivity (Wildman–Crippen MR) is 86.9 cm³/mol. The number of ether oxygens (including phenoxy) is 2. The van der Waals surface area contributed by atoms with Gasteiger partial charge < -0.3 is 19.5 Å². The molecule has 1 aromatic rings. The molecular weight excluding hydrogens is 298 g/mol. The second-order valence-corrected chi connectivity index (χ2v) is 5.45. The normalized spacial score (nSPS) is 11.7. The zero-order valence-corrected chi connectivity index (χ0v) is 14.2. The summed E-state index contributed by atoms with van der Waals surface area (Å²) in [7, 11) is 3.13. The molecule has 0 bridgehead atoms. The molecule has 0 aromatic heterocycles. The number of aliphatic carboxylic acids is 1. The maximum atomic E-state index is 12.5. The van der Waals surface area contributed by atoms with E-state index < -0.39 is 5.97 Å². The van der Waals surface area contributed by atoms with Gasteiger partial charge in [0.15, 0.2) is 11.5 Å². The van der Waals surface area contributed by atoms with Crippen LogP contribution < -0.4 is 9.47 Å². The Labute approximate surface area is 137 Å². The Balaban J connectivity index is 2.82. The second-order valence-electron chi connectivity index (χ2n) is 5.45. The zero-order chi connectivity index (χ0) is 17.4. The van der Waals surface area contributed by atoms with Crippen molar-refractivity contribution in [2.45, 2.75) is 26.7 Å². The molecule has 1 atom stereocenters.